The summed E-state index contributed by atoms with van der Waals surface area (Å²) in [7, 11) is 1.63. The predicted octanol–water partition coefficient (Wildman–Crippen LogP) is -0.957. The van der Waals surface area contributed by atoms with Gasteiger partial charge in [0.05, 0.1) is 25.9 Å². The number of hydrogen-bond donors (Lipinski definition) is 2. The van der Waals surface area contributed by atoms with Crippen molar-refractivity contribution in [2.75, 3.05) is 46.6 Å². The van der Waals surface area contributed by atoms with Crippen LogP contribution >= 0.6 is 0 Å². The second-order valence-electron chi connectivity index (χ2n) is 4.03. The monoisotopic (exact) mass is 218 g/mol. The number of aliphatic hydroxyl groups excluding tert-OH is 1. The van der Waals surface area contributed by atoms with Gasteiger partial charge in [-0.3, -0.25) is 4.90 Å². The summed E-state index contributed by atoms with van der Waals surface area (Å²) in [4.78, 5) is 2.18. The van der Waals surface area contributed by atoms with Crippen LogP contribution in [0.1, 0.15) is 6.42 Å². The molecule has 0 amide bonds. The molecule has 0 aromatic heterocycles. The first-order valence-corrected chi connectivity index (χ1v) is 5.45. The fourth-order valence-electron chi connectivity index (χ4n) is 1.74. The standard InChI is InChI=1S/C10H22N2O3/c1-14-4-5-15-8-10(13)7-12-3-2-9(11)6-12/h9-10,13H,2-8,11H2,1H3. The molecule has 0 bridgehead atoms. The average molecular weight is 218 g/mol. The zero-order valence-electron chi connectivity index (χ0n) is 9.39. The summed E-state index contributed by atoms with van der Waals surface area (Å²) in [6, 6.07) is 0.270. The Kier molecular flexibility index (Phi) is 6.12. The van der Waals surface area contributed by atoms with E-state index in [1.54, 1.807) is 7.11 Å². The van der Waals surface area contributed by atoms with Crippen molar-refractivity contribution >= 4 is 0 Å². The van der Waals surface area contributed by atoms with Crippen molar-refractivity contribution in [3.8, 4) is 0 Å². The van der Waals surface area contributed by atoms with Gasteiger partial charge >= 0.3 is 0 Å². The summed E-state index contributed by atoms with van der Waals surface area (Å²) >= 11 is 0. The van der Waals surface area contributed by atoms with Gasteiger partial charge in [-0.2, -0.15) is 0 Å². The van der Waals surface area contributed by atoms with Gasteiger partial charge in [0.2, 0.25) is 0 Å². The van der Waals surface area contributed by atoms with E-state index in [-0.39, 0.29) is 6.04 Å². The first-order chi connectivity index (χ1) is 7.22. The van der Waals surface area contributed by atoms with Crippen LogP contribution in [-0.2, 0) is 9.47 Å². The van der Waals surface area contributed by atoms with Gasteiger partial charge in [0.25, 0.3) is 0 Å². The second kappa shape index (κ2) is 7.14. The van der Waals surface area contributed by atoms with Crippen LogP contribution in [0.2, 0.25) is 0 Å². The SMILES string of the molecule is COCCOCC(O)CN1CCC(N)C1. The molecule has 5 heteroatoms. The van der Waals surface area contributed by atoms with Crippen molar-refractivity contribution < 1.29 is 14.6 Å². The molecule has 0 spiro atoms. The Labute approximate surface area is 91.1 Å². The van der Waals surface area contributed by atoms with Crippen molar-refractivity contribution in [2.24, 2.45) is 5.73 Å². The van der Waals surface area contributed by atoms with Crippen molar-refractivity contribution in [3.63, 3.8) is 0 Å². The van der Waals surface area contributed by atoms with Gasteiger partial charge in [0.15, 0.2) is 0 Å². The smallest absolute Gasteiger partial charge is 0.0900 e. The zero-order chi connectivity index (χ0) is 11.1. The Balaban J connectivity index is 2.00. The molecule has 1 fully saturated rings. The summed E-state index contributed by atoms with van der Waals surface area (Å²) in [6.07, 6.45) is 0.601. The highest BCUT2D eigenvalue weighted by Crippen LogP contribution is 2.07. The minimum Gasteiger partial charge on any atom is -0.389 e. The molecule has 0 radical (unpaired) electrons. The molecule has 0 aromatic rings. The molecular weight excluding hydrogens is 196 g/mol. The number of nitrogens with zero attached hydrogens (tertiary/aromatic N) is 1. The molecule has 0 aromatic carbocycles. The van der Waals surface area contributed by atoms with Crippen LogP contribution in [0, 0.1) is 0 Å². The third kappa shape index (κ3) is 5.44. The Bertz CT molecular complexity index is 169. The number of nitrogens with two attached hydrogens (primary N) is 1. The maximum absolute atomic E-state index is 9.65. The molecule has 2 atom stereocenters. The average Bonchev–Trinajstić information content (AvgIpc) is 2.59. The van der Waals surface area contributed by atoms with Crippen LogP contribution in [0.4, 0.5) is 0 Å². The maximum Gasteiger partial charge on any atom is 0.0900 e. The quantitative estimate of drug-likeness (QED) is 0.539. The fourth-order valence-corrected chi connectivity index (χ4v) is 1.74. The molecule has 1 rings (SSSR count). The summed E-state index contributed by atoms with van der Waals surface area (Å²) < 4.78 is 10.1. The Morgan fingerprint density at radius 1 is 1.53 bits per heavy atom. The lowest BCUT2D eigenvalue weighted by Gasteiger charge is -2.19. The van der Waals surface area contributed by atoms with Gasteiger partial charge in [-0.25, -0.2) is 0 Å². The van der Waals surface area contributed by atoms with Crippen LogP contribution in [0.15, 0.2) is 0 Å². The lowest BCUT2D eigenvalue weighted by Crippen LogP contribution is -2.35. The predicted molar refractivity (Wildman–Crippen MR) is 57.7 cm³/mol. The van der Waals surface area contributed by atoms with E-state index in [4.69, 9.17) is 15.2 Å². The third-order valence-electron chi connectivity index (χ3n) is 2.52. The van der Waals surface area contributed by atoms with Crippen molar-refractivity contribution in [1.29, 1.82) is 0 Å². The molecule has 1 aliphatic rings. The minimum atomic E-state index is -0.424. The van der Waals surface area contributed by atoms with Crippen LogP contribution in [0.25, 0.3) is 0 Å². The van der Waals surface area contributed by atoms with Crippen molar-refractivity contribution in [1.82, 2.24) is 4.90 Å². The van der Waals surface area contributed by atoms with Gasteiger partial charge in [0, 0.05) is 26.2 Å². The molecule has 5 nitrogen and oxygen atoms in total. The third-order valence-corrected chi connectivity index (χ3v) is 2.52. The van der Waals surface area contributed by atoms with E-state index in [0.29, 0.717) is 26.4 Å². The first-order valence-electron chi connectivity index (χ1n) is 5.45. The number of ether oxygens (including phenoxy) is 2. The number of likely N-dealkylation sites (tertiary alicyclic amines) is 1. The topological polar surface area (TPSA) is 68.0 Å². The summed E-state index contributed by atoms with van der Waals surface area (Å²) in [5, 5.41) is 9.65. The van der Waals surface area contributed by atoms with Gasteiger partial charge in [-0.15, -0.1) is 0 Å². The molecule has 1 saturated heterocycles. The van der Waals surface area contributed by atoms with Crippen LogP contribution < -0.4 is 5.73 Å². The first kappa shape index (κ1) is 12.9. The van der Waals surface area contributed by atoms with E-state index in [1.165, 1.54) is 0 Å². The Morgan fingerprint density at radius 3 is 2.93 bits per heavy atom. The van der Waals surface area contributed by atoms with Gasteiger partial charge in [-0.05, 0) is 13.0 Å². The molecule has 90 valence electrons. The summed E-state index contributed by atoms with van der Waals surface area (Å²) in [6.45, 7) is 4.00. The second-order valence-corrected chi connectivity index (χ2v) is 4.03. The maximum atomic E-state index is 9.65. The highest BCUT2D eigenvalue weighted by Gasteiger charge is 2.20. The zero-order valence-corrected chi connectivity index (χ0v) is 9.39. The van der Waals surface area contributed by atoms with Crippen LogP contribution in [-0.4, -0.2) is 68.7 Å². The normalized spacial score (nSPS) is 24.6. The molecule has 0 aliphatic carbocycles. The van der Waals surface area contributed by atoms with Crippen molar-refractivity contribution in [2.45, 2.75) is 18.6 Å². The molecule has 15 heavy (non-hydrogen) atoms. The van der Waals surface area contributed by atoms with Crippen LogP contribution in [0.5, 0.6) is 0 Å². The molecule has 1 heterocycles. The van der Waals surface area contributed by atoms with Crippen LogP contribution in [0.3, 0.4) is 0 Å². The molecule has 3 N–H and O–H groups in total. The van der Waals surface area contributed by atoms with E-state index < -0.39 is 6.10 Å². The van der Waals surface area contributed by atoms with E-state index in [1.807, 2.05) is 0 Å². The summed E-state index contributed by atoms with van der Waals surface area (Å²) in [5.74, 6) is 0. The van der Waals surface area contributed by atoms with E-state index in [0.717, 1.165) is 19.5 Å². The van der Waals surface area contributed by atoms with Gasteiger partial charge < -0.3 is 20.3 Å². The lowest BCUT2D eigenvalue weighted by molar-refractivity contribution is 0.00202. The van der Waals surface area contributed by atoms with Gasteiger partial charge in [-0.1, -0.05) is 0 Å². The number of β-amino-alcohol motifs (C(OH)–C–C–N with tert-alkyl or cyclic N) is 1. The minimum absolute atomic E-state index is 0.270. The van der Waals surface area contributed by atoms with Gasteiger partial charge in [0.1, 0.15) is 0 Å². The number of rotatable bonds is 7. The number of methoxy groups -OCH3 is 1. The lowest BCUT2D eigenvalue weighted by atomic mass is 10.3. The Morgan fingerprint density at radius 2 is 2.33 bits per heavy atom. The largest absolute Gasteiger partial charge is 0.389 e. The van der Waals surface area contributed by atoms with Crippen molar-refractivity contribution in [3.05, 3.63) is 0 Å². The summed E-state index contributed by atoms with van der Waals surface area (Å²) in [5.41, 5.74) is 5.77. The molecular formula is C10H22N2O3. The number of aliphatic hydroxyl groups is 1. The highest BCUT2D eigenvalue weighted by molar-refractivity contribution is 4.79. The van der Waals surface area contributed by atoms with E-state index in [9.17, 15) is 5.11 Å². The van der Waals surface area contributed by atoms with E-state index in [2.05, 4.69) is 4.90 Å². The fraction of sp³-hybridized carbons (Fsp3) is 1.00. The molecule has 2 unspecified atom stereocenters. The Hall–Kier alpha value is -0.200. The van der Waals surface area contributed by atoms with E-state index >= 15 is 0 Å². The highest BCUT2D eigenvalue weighted by atomic mass is 16.5. The molecule has 1 aliphatic heterocycles. The number of hydrogen-bond acceptors (Lipinski definition) is 5. The molecule has 0 saturated carbocycles.